The third kappa shape index (κ3) is 7.68. The number of halogens is 4. The smallest absolute Gasteiger partial charge is 0.368 e. The van der Waals surface area contributed by atoms with Gasteiger partial charge < -0.3 is 4.74 Å². The van der Waals surface area contributed by atoms with E-state index in [1.165, 1.54) is 0 Å². The summed E-state index contributed by atoms with van der Waals surface area (Å²) in [6.07, 6.45) is -4.27. The Hall–Kier alpha value is -0.220. The zero-order valence-corrected chi connectivity index (χ0v) is 6.50. The second kappa shape index (κ2) is 4.62. The Morgan fingerprint density at radius 1 is 1.45 bits per heavy atom. The third-order valence-corrected chi connectivity index (χ3v) is 1.14. The molecule has 0 radical (unpaired) electrons. The summed E-state index contributed by atoms with van der Waals surface area (Å²) in [6, 6.07) is 0. The molecule has 5 heteroatoms. The molecule has 0 aliphatic carbocycles. The molecule has 1 nitrogen and oxygen atoms in total. The molecule has 0 heterocycles. The van der Waals surface area contributed by atoms with E-state index in [0.717, 1.165) is 0 Å². The lowest BCUT2D eigenvalue weighted by molar-refractivity contribution is -0.171. The Labute approximate surface area is 67.8 Å². The van der Waals surface area contributed by atoms with Crippen LogP contribution >= 0.6 is 11.6 Å². The van der Waals surface area contributed by atoms with Crippen LogP contribution in [0.1, 0.15) is 0 Å². The molecule has 0 saturated carbocycles. The summed E-state index contributed by atoms with van der Waals surface area (Å²) in [5.74, 6) is 0.123. The third-order valence-electron chi connectivity index (χ3n) is 0.761. The minimum Gasteiger partial charge on any atom is -0.368 e. The van der Waals surface area contributed by atoms with Crippen LogP contribution < -0.4 is 0 Å². The monoisotopic (exact) mass is 188 g/mol. The lowest BCUT2D eigenvalue weighted by Gasteiger charge is -2.07. The summed E-state index contributed by atoms with van der Waals surface area (Å²) in [4.78, 5) is 0. The number of hydrogen-bond acceptors (Lipinski definition) is 1. The number of rotatable bonds is 4. The summed E-state index contributed by atoms with van der Waals surface area (Å²) < 4.78 is 38.5. The summed E-state index contributed by atoms with van der Waals surface area (Å²) in [6.45, 7) is 1.99. The predicted octanol–water partition coefficient (Wildman–Crippen LogP) is 2.36. The number of hydrogen-bond donors (Lipinski definition) is 0. The second-order valence-electron chi connectivity index (χ2n) is 1.99. The van der Waals surface area contributed by atoms with Gasteiger partial charge in [-0.25, -0.2) is 0 Å². The van der Waals surface area contributed by atoms with Gasteiger partial charge in [0.05, 0.1) is 6.61 Å². The molecule has 0 aromatic rings. The molecule has 0 rings (SSSR count). The molecule has 0 aromatic carbocycles. The molecule has 0 atom stereocenters. The van der Waals surface area contributed by atoms with Crippen LogP contribution in [0.25, 0.3) is 0 Å². The van der Waals surface area contributed by atoms with Gasteiger partial charge in [-0.1, -0.05) is 6.58 Å². The number of ether oxygens (including phenoxy) is 1. The molecule has 0 aliphatic heterocycles. The van der Waals surface area contributed by atoms with Gasteiger partial charge in [0.25, 0.3) is 0 Å². The maximum Gasteiger partial charge on any atom is 0.411 e. The van der Waals surface area contributed by atoms with Gasteiger partial charge in [-0.2, -0.15) is 13.2 Å². The normalized spacial score (nSPS) is 11.6. The fourth-order valence-corrected chi connectivity index (χ4v) is 0.427. The molecule has 0 spiro atoms. The van der Waals surface area contributed by atoms with Gasteiger partial charge in [0.2, 0.25) is 0 Å². The molecule has 0 fully saturated rings. The van der Waals surface area contributed by atoms with Crippen LogP contribution in [0.15, 0.2) is 12.2 Å². The van der Waals surface area contributed by atoms with Crippen LogP contribution in [0.3, 0.4) is 0 Å². The quantitative estimate of drug-likeness (QED) is 0.486. The van der Waals surface area contributed by atoms with Crippen molar-refractivity contribution in [1.82, 2.24) is 0 Å². The summed E-state index contributed by atoms with van der Waals surface area (Å²) in [5, 5.41) is 0. The Morgan fingerprint density at radius 2 is 2.00 bits per heavy atom. The highest BCUT2D eigenvalue weighted by Crippen LogP contribution is 2.14. The SMILES string of the molecule is C=C(CCl)COCC(F)(F)F. The lowest BCUT2D eigenvalue weighted by Crippen LogP contribution is -2.17. The van der Waals surface area contributed by atoms with Crippen molar-refractivity contribution < 1.29 is 17.9 Å². The molecule has 0 bridgehead atoms. The van der Waals surface area contributed by atoms with Crippen LogP contribution in [0.2, 0.25) is 0 Å². The van der Waals surface area contributed by atoms with Crippen LogP contribution in [0.5, 0.6) is 0 Å². The van der Waals surface area contributed by atoms with E-state index in [9.17, 15) is 13.2 Å². The van der Waals surface area contributed by atoms with Crippen molar-refractivity contribution in [2.75, 3.05) is 19.1 Å². The second-order valence-corrected chi connectivity index (χ2v) is 2.26. The van der Waals surface area contributed by atoms with E-state index >= 15 is 0 Å². The van der Waals surface area contributed by atoms with Crippen molar-refractivity contribution in [1.29, 1.82) is 0 Å². The van der Waals surface area contributed by atoms with Gasteiger partial charge in [0.15, 0.2) is 0 Å². The van der Waals surface area contributed by atoms with Gasteiger partial charge in [0, 0.05) is 5.88 Å². The van der Waals surface area contributed by atoms with Gasteiger partial charge >= 0.3 is 6.18 Å². The van der Waals surface area contributed by atoms with E-state index in [1.807, 2.05) is 0 Å². The van der Waals surface area contributed by atoms with Crippen molar-refractivity contribution in [3.63, 3.8) is 0 Å². The minimum atomic E-state index is -4.27. The van der Waals surface area contributed by atoms with Crippen molar-refractivity contribution >= 4 is 11.6 Å². The maximum atomic E-state index is 11.4. The van der Waals surface area contributed by atoms with Crippen LogP contribution in [-0.2, 0) is 4.74 Å². The van der Waals surface area contributed by atoms with Gasteiger partial charge in [-0.3, -0.25) is 0 Å². The highest BCUT2D eigenvalue weighted by Gasteiger charge is 2.27. The van der Waals surface area contributed by atoms with Crippen molar-refractivity contribution in [2.45, 2.75) is 6.18 Å². The Kier molecular flexibility index (Phi) is 4.52. The predicted molar refractivity (Wildman–Crippen MR) is 36.7 cm³/mol. The molecule has 0 saturated heterocycles. The van der Waals surface area contributed by atoms with E-state index in [-0.39, 0.29) is 12.5 Å². The van der Waals surface area contributed by atoms with Crippen LogP contribution in [-0.4, -0.2) is 25.3 Å². The van der Waals surface area contributed by atoms with Gasteiger partial charge in [-0.05, 0) is 5.57 Å². The Balaban J connectivity index is 3.35. The maximum absolute atomic E-state index is 11.4. The first kappa shape index (κ1) is 10.8. The molecule has 0 aliphatic rings. The average Bonchev–Trinajstić information content (AvgIpc) is 1.85. The average molecular weight is 189 g/mol. The summed E-state index contributed by atoms with van der Waals surface area (Å²) in [5.41, 5.74) is 0.441. The van der Waals surface area contributed by atoms with E-state index in [0.29, 0.717) is 5.57 Å². The van der Waals surface area contributed by atoms with Crippen LogP contribution in [0, 0.1) is 0 Å². The van der Waals surface area contributed by atoms with E-state index < -0.39 is 12.8 Å². The van der Waals surface area contributed by atoms with Crippen LogP contribution in [0.4, 0.5) is 13.2 Å². The van der Waals surface area contributed by atoms with E-state index in [4.69, 9.17) is 11.6 Å². The standard InChI is InChI=1S/C6H8ClF3O/c1-5(2-7)3-11-4-6(8,9)10/h1-4H2. The van der Waals surface area contributed by atoms with Crippen molar-refractivity contribution in [2.24, 2.45) is 0 Å². The fourth-order valence-electron chi connectivity index (χ4n) is 0.350. The zero-order chi connectivity index (χ0) is 8.91. The minimum absolute atomic E-state index is 0.123. The molecule has 0 unspecified atom stereocenters. The molecular formula is C6H8ClF3O. The Morgan fingerprint density at radius 3 is 2.36 bits per heavy atom. The van der Waals surface area contributed by atoms with Gasteiger partial charge in [-0.15, -0.1) is 11.6 Å². The summed E-state index contributed by atoms with van der Waals surface area (Å²) >= 11 is 5.24. The highest BCUT2D eigenvalue weighted by molar-refractivity contribution is 6.19. The fraction of sp³-hybridized carbons (Fsp3) is 0.667. The first-order valence-electron chi connectivity index (χ1n) is 2.83. The molecule has 11 heavy (non-hydrogen) atoms. The molecule has 0 N–H and O–H groups in total. The molecule has 0 amide bonds. The topological polar surface area (TPSA) is 9.23 Å². The molecule has 0 aromatic heterocycles. The largest absolute Gasteiger partial charge is 0.411 e. The number of alkyl halides is 4. The first-order valence-corrected chi connectivity index (χ1v) is 3.36. The van der Waals surface area contributed by atoms with Crippen molar-refractivity contribution in [3.05, 3.63) is 12.2 Å². The van der Waals surface area contributed by atoms with Gasteiger partial charge in [0.1, 0.15) is 6.61 Å². The highest BCUT2D eigenvalue weighted by atomic mass is 35.5. The van der Waals surface area contributed by atoms with E-state index in [2.05, 4.69) is 11.3 Å². The first-order chi connectivity index (χ1) is 4.95. The molecular weight excluding hydrogens is 181 g/mol. The zero-order valence-electron chi connectivity index (χ0n) is 5.75. The molecule has 66 valence electrons. The lowest BCUT2D eigenvalue weighted by atomic mass is 10.4. The Bertz CT molecular complexity index is 132. The summed E-state index contributed by atoms with van der Waals surface area (Å²) in [7, 11) is 0. The van der Waals surface area contributed by atoms with Crippen molar-refractivity contribution in [3.8, 4) is 0 Å². The van der Waals surface area contributed by atoms with E-state index in [1.54, 1.807) is 0 Å².